The van der Waals surface area contributed by atoms with Gasteiger partial charge in [-0.2, -0.15) is 0 Å². The van der Waals surface area contributed by atoms with Crippen molar-refractivity contribution in [2.75, 3.05) is 18.4 Å². The number of hydrogen-bond donors (Lipinski definition) is 1. The maximum Gasteiger partial charge on any atom is 0.230 e. The van der Waals surface area contributed by atoms with Crippen molar-refractivity contribution in [3.8, 4) is 0 Å². The number of aromatic nitrogens is 1. The van der Waals surface area contributed by atoms with Gasteiger partial charge in [-0.15, -0.1) is 0 Å². The minimum atomic E-state index is -0.352. The number of piperidine rings is 1. The molecule has 0 radical (unpaired) electrons. The first kappa shape index (κ1) is 16.8. The summed E-state index contributed by atoms with van der Waals surface area (Å²) in [6.07, 6.45) is 6.98. The molecule has 2 aliphatic heterocycles. The van der Waals surface area contributed by atoms with Crippen LogP contribution in [0.3, 0.4) is 0 Å². The number of carbonyl (C=O) groups is 2. The zero-order valence-electron chi connectivity index (χ0n) is 14.7. The first-order valence-electron chi connectivity index (χ1n) is 9.27. The van der Waals surface area contributed by atoms with E-state index in [0.717, 1.165) is 43.6 Å². The van der Waals surface area contributed by atoms with E-state index in [2.05, 4.69) is 16.4 Å². The molecule has 2 aliphatic rings. The summed E-state index contributed by atoms with van der Waals surface area (Å²) in [4.78, 5) is 31.2. The molecule has 2 aromatic rings. The Bertz CT molecular complexity index is 798. The van der Waals surface area contributed by atoms with Crippen LogP contribution in [-0.4, -0.2) is 34.8 Å². The molecule has 0 bridgehead atoms. The fraction of sp³-hybridized carbons (Fsp3) is 0.381. The minimum Gasteiger partial charge on any atom is -0.342 e. The monoisotopic (exact) mass is 349 g/mol. The summed E-state index contributed by atoms with van der Waals surface area (Å²) < 4.78 is 0. The second kappa shape index (κ2) is 7.28. The van der Waals surface area contributed by atoms with Crippen molar-refractivity contribution >= 4 is 17.5 Å². The van der Waals surface area contributed by atoms with E-state index >= 15 is 0 Å². The number of amides is 2. The van der Waals surface area contributed by atoms with Crippen molar-refractivity contribution in [1.29, 1.82) is 0 Å². The fourth-order valence-corrected chi connectivity index (χ4v) is 4.06. The predicted molar refractivity (Wildman–Crippen MR) is 99.7 cm³/mol. The number of likely N-dealkylation sites (tertiary alicyclic amines) is 1. The Morgan fingerprint density at radius 2 is 1.96 bits per heavy atom. The summed E-state index contributed by atoms with van der Waals surface area (Å²) in [5.41, 5.74) is 2.97. The first-order chi connectivity index (χ1) is 12.7. The third kappa shape index (κ3) is 3.47. The zero-order valence-corrected chi connectivity index (χ0v) is 14.7. The lowest BCUT2D eigenvalue weighted by molar-refractivity contribution is -0.136. The highest BCUT2D eigenvalue weighted by atomic mass is 16.2. The summed E-state index contributed by atoms with van der Waals surface area (Å²) in [6.45, 7) is 1.54. The molecule has 0 aliphatic carbocycles. The lowest BCUT2D eigenvalue weighted by Gasteiger charge is -2.35. The highest BCUT2D eigenvalue weighted by molar-refractivity contribution is 6.01. The lowest BCUT2D eigenvalue weighted by Crippen LogP contribution is -2.43. The average Bonchev–Trinajstić information content (AvgIpc) is 2.68. The highest BCUT2D eigenvalue weighted by Crippen LogP contribution is 2.34. The van der Waals surface area contributed by atoms with E-state index < -0.39 is 0 Å². The number of carbonyl (C=O) groups excluding carboxylic acids is 2. The number of hydrogen-bond acceptors (Lipinski definition) is 3. The zero-order chi connectivity index (χ0) is 17.9. The Hall–Kier alpha value is -2.69. The maximum absolute atomic E-state index is 13.1. The van der Waals surface area contributed by atoms with E-state index in [0.29, 0.717) is 5.92 Å². The number of pyridine rings is 1. The molecule has 1 aromatic heterocycles. The van der Waals surface area contributed by atoms with Gasteiger partial charge in [0.05, 0.1) is 5.92 Å². The Labute approximate surface area is 153 Å². The van der Waals surface area contributed by atoms with Gasteiger partial charge < -0.3 is 10.2 Å². The van der Waals surface area contributed by atoms with E-state index in [1.807, 2.05) is 41.4 Å². The number of fused-ring (bicyclic) bond motifs is 1. The second-order valence-corrected chi connectivity index (χ2v) is 7.23. The van der Waals surface area contributed by atoms with Crippen molar-refractivity contribution in [1.82, 2.24) is 9.88 Å². The first-order valence-corrected chi connectivity index (χ1v) is 9.27. The van der Waals surface area contributed by atoms with Crippen LogP contribution in [-0.2, 0) is 16.0 Å². The minimum absolute atomic E-state index is 0.0755. The molecule has 1 fully saturated rings. The van der Waals surface area contributed by atoms with Crippen molar-refractivity contribution in [3.63, 3.8) is 0 Å². The molecule has 2 amide bonds. The van der Waals surface area contributed by atoms with Crippen LogP contribution in [0, 0.1) is 5.92 Å². The number of nitrogens with one attached hydrogen (secondary N) is 1. The molecule has 0 unspecified atom stereocenters. The summed E-state index contributed by atoms with van der Waals surface area (Å²) >= 11 is 0. The second-order valence-electron chi connectivity index (χ2n) is 7.23. The van der Waals surface area contributed by atoms with E-state index in [9.17, 15) is 9.59 Å². The van der Waals surface area contributed by atoms with Gasteiger partial charge in [0.25, 0.3) is 0 Å². The standard InChI is InChI=1S/C21H23N3O2/c25-20-13-18(17-5-1-2-6-19(17)23-20)21(26)24-10-7-15(8-11-24)12-16-4-3-9-22-14-16/h1-6,9,14-15,18H,7-8,10-13H2,(H,23,25)/t18-/m1/s1. The van der Waals surface area contributed by atoms with Gasteiger partial charge in [0, 0.05) is 37.6 Å². The average molecular weight is 349 g/mol. The van der Waals surface area contributed by atoms with Gasteiger partial charge in [-0.25, -0.2) is 0 Å². The summed E-state index contributed by atoms with van der Waals surface area (Å²) in [5.74, 6) is 0.251. The van der Waals surface area contributed by atoms with Crippen LogP contribution in [0.4, 0.5) is 5.69 Å². The van der Waals surface area contributed by atoms with E-state index in [4.69, 9.17) is 0 Å². The quantitative estimate of drug-likeness (QED) is 0.927. The third-order valence-electron chi connectivity index (χ3n) is 5.47. The molecule has 0 spiro atoms. The topological polar surface area (TPSA) is 62.3 Å². The molecule has 4 rings (SSSR count). The van der Waals surface area contributed by atoms with Gasteiger partial charge in [-0.05, 0) is 48.4 Å². The summed E-state index contributed by atoms with van der Waals surface area (Å²) in [6, 6.07) is 11.7. The Morgan fingerprint density at radius 1 is 1.15 bits per heavy atom. The van der Waals surface area contributed by atoms with Crippen LogP contribution < -0.4 is 5.32 Å². The van der Waals surface area contributed by atoms with Crippen molar-refractivity contribution in [2.45, 2.75) is 31.6 Å². The normalized spacial score (nSPS) is 20.4. The number of rotatable bonds is 3. The molecule has 1 atom stereocenters. The number of benzene rings is 1. The van der Waals surface area contributed by atoms with Crippen LogP contribution in [0.15, 0.2) is 48.8 Å². The van der Waals surface area contributed by atoms with Crippen LogP contribution in [0.25, 0.3) is 0 Å². The summed E-state index contributed by atoms with van der Waals surface area (Å²) in [5, 5.41) is 2.87. The Kier molecular flexibility index (Phi) is 4.69. The van der Waals surface area contributed by atoms with Crippen LogP contribution >= 0.6 is 0 Å². The molecule has 5 nitrogen and oxygen atoms in total. The van der Waals surface area contributed by atoms with Gasteiger partial charge >= 0.3 is 0 Å². The molecular weight excluding hydrogens is 326 g/mol. The van der Waals surface area contributed by atoms with Crippen molar-refractivity contribution < 1.29 is 9.59 Å². The van der Waals surface area contributed by atoms with E-state index in [1.165, 1.54) is 5.56 Å². The molecule has 5 heteroatoms. The molecule has 3 heterocycles. The van der Waals surface area contributed by atoms with Gasteiger partial charge in [0.1, 0.15) is 0 Å². The van der Waals surface area contributed by atoms with Crippen LogP contribution in [0.1, 0.15) is 36.3 Å². The number of nitrogens with zero attached hydrogens (tertiary/aromatic N) is 2. The molecule has 1 aromatic carbocycles. The van der Waals surface area contributed by atoms with Crippen LogP contribution in [0.5, 0.6) is 0 Å². The van der Waals surface area contributed by atoms with Gasteiger partial charge in [-0.1, -0.05) is 24.3 Å². The predicted octanol–water partition coefficient (Wildman–Crippen LogP) is 2.99. The molecular formula is C21H23N3O2. The summed E-state index contributed by atoms with van der Waals surface area (Å²) in [7, 11) is 0. The highest BCUT2D eigenvalue weighted by Gasteiger charge is 2.34. The number of anilines is 1. The molecule has 1 saturated heterocycles. The lowest BCUT2D eigenvalue weighted by atomic mass is 9.87. The van der Waals surface area contributed by atoms with E-state index in [1.54, 1.807) is 6.20 Å². The van der Waals surface area contributed by atoms with Crippen LogP contribution in [0.2, 0.25) is 0 Å². The van der Waals surface area contributed by atoms with E-state index in [-0.39, 0.29) is 24.2 Å². The van der Waals surface area contributed by atoms with Crippen molar-refractivity contribution in [2.24, 2.45) is 5.92 Å². The molecule has 0 saturated carbocycles. The SMILES string of the molecule is O=C1C[C@@H](C(=O)N2CCC(Cc3cccnc3)CC2)c2ccccc2N1. The Balaban J connectivity index is 1.40. The van der Waals surface area contributed by atoms with Gasteiger partial charge in [-0.3, -0.25) is 14.6 Å². The molecule has 134 valence electrons. The fourth-order valence-electron chi connectivity index (χ4n) is 4.06. The third-order valence-corrected chi connectivity index (χ3v) is 5.47. The smallest absolute Gasteiger partial charge is 0.230 e. The van der Waals surface area contributed by atoms with Crippen molar-refractivity contribution in [3.05, 3.63) is 59.9 Å². The largest absolute Gasteiger partial charge is 0.342 e. The molecule has 1 N–H and O–H groups in total. The maximum atomic E-state index is 13.1. The number of para-hydroxylation sites is 1. The van der Waals surface area contributed by atoms with Gasteiger partial charge in [0.2, 0.25) is 11.8 Å². The Morgan fingerprint density at radius 3 is 2.73 bits per heavy atom. The molecule has 26 heavy (non-hydrogen) atoms. The van der Waals surface area contributed by atoms with Gasteiger partial charge in [0.15, 0.2) is 0 Å².